The number of amides is 3. The minimum atomic E-state index is -0.888. The fourth-order valence-electron chi connectivity index (χ4n) is 3.72. The molecule has 1 aliphatic carbocycles. The Morgan fingerprint density at radius 2 is 1.69 bits per heavy atom. The van der Waals surface area contributed by atoms with E-state index >= 15 is 0 Å². The molecule has 0 aromatic heterocycles. The molecule has 1 atom stereocenters. The summed E-state index contributed by atoms with van der Waals surface area (Å²) < 4.78 is 0. The summed E-state index contributed by atoms with van der Waals surface area (Å²) in [5.74, 6) is -0.358. The van der Waals surface area contributed by atoms with Crippen molar-refractivity contribution >= 4 is 29.1 Å². The number of benzene rings is 1. The van der Waals surface area contributed by atoms with Crippen molar-refractivity contribution in [1.82, 2.24) is 4.90 Å². The van der Waals surface area contributed by atoms with E-state index in [1.807, 2.05) is 4.90 Å². The van der Waals surface area contributed by atoms with Crippen molar-refractivity contribution in [2.45, 2.75) is 58.4 Å². The second-order valence-electron chi connectivity index (χ2n) is 7.35. The number of carbonyl (C=O) groups excluding carboxylic acids is 3. The van der Waals surface area contributed by atoms with E-state index in [2.05, 4.69) is 17.6 Å². The van der Waals surface area contributed by atoms with Gasteiger partial charge in [0.2, 0.25) is 17.7 Å². The van der Waals surface area contributed by atoms with Crippen molar-refractivity contribution in [3.63, 3.8) is 0 Å². The van der Waals surface area contributed by atoms with Crippen molar-refractivity contribution in [2.24, 2.45) is 5.41 Å². The van der Waals surface area contributed by atoms with Gasteiger partial charge in [-0.1, -0.05) is 6.92 Å². The molecule has 1 unspecified atom stereocenters. The number of anilines is 2. The first-order valence-electron chi connectivity index (χ1n) is 9.46. The van der Waals surface area contributed by atoms with Crippen molar-refractivity contribution < 1.29 is 14.4 Å². The number of nitrogens with zero attached hydrogens (tertiary/aromatic N) is 1. The van der Waals surface area contributed by atoms with Gasteiger partial charge in [0, 0.05) is 30.9 Å². The Bertz CT molecular complexity index is 695. The average molecular weight is 357 g/mol. The Kier molecular flexibility index (Phi) is 5.30. The van der Waals surface area contributed by atoms with Crippen LogP contribution in [-0.2, 0) is 14.4 Å². The first kappa shape index (κ1) is 18.4. The van der Waals surface area contributed by atoms with Gasteiger partial charge in [-0.15, -0.1) is 0 Å². The van der Waals surface area contributed by atoms with Gasteiger partial charge in [-0.3, -0.25) is 14.4 Å². The fraction of sp³-hybridized carbons (Fsp3) is 0.550. The minimum absolute atomic E-state index is 0.00332. The quantitative estimate of drug-likeness (QED) is 0.795. The third kappa shape index (κ3) is 3.74. The van der Waals surface area contributed by atoms with E-state index in [9.17, 15) is 14.4 Å². The van der Waals surface area contributed by atoms with E-state index in [4.69, 9.17) is 0 Å². The summed E-state index contributed by atoms with van der Waals surface area (Å²) in [4.78, 5) is 38.9. The maximum atomic E-state index is 13.1. The molecule has 0 bridgehead atoms. The van der Waals surface area contributed by atoms with Gasteiger partial charge in [-0.05, 0) is 62.8 Å². The lowest BCUT2D eigenvalue weighted by atomic mass is 9.95. The lowest BCUT2D eigenvalue weighted by Crippen LogP contribution is -2.49. The van der Waals surface area contributed by atoms with Gasteiger partial charge in [0.05, 0.1) is 0 Å². The molecule has 3 rings (SSSR count). The number of piperidine rings is 1. The molecular formula is C20H27N3O3. The lowest BCUT2D eigenvalue weighted by molar-refractivity contribution is -0.145. The molecular weight excluding hydrogens is 330 g/mol. The smallest absolute Gasteiger partial charge is 0.240 e. The van der Waals surface area contributed by atoms with Crippen molar-refractivity contribution in [3.05, 3.63) is 24.3 Å². The number of carbonyl (C=O) groups is 3. The van der Waals surface area contributed by atoms with Crippen LogP contribution in [0.5, 0.6) is 0 Å². The van der Waals surface area contributed by atoms with Crippen LogP contribution in [0.3, 0.4) is 0 Å². The molecule has 6 nitrogen and oxygen atoms in total. The molecule has 6 heteroatoms. The van der Waals surface area contributed by atoms with E-state index in [0.717, 1.165) is 32.2 Å². The molecule has 2 aliphatic rings. The Hall–Kier alpha value is -2.37. The van der Waals surface area contributed by atoms with Crippen LogP contribution in [-0.4, -0.2) is 35.2 Å². The normalized spacial score (nSPS) is 21.0. The summed E-state index contributed by atoms with van der Waals surface area (Å²) in [5.41, 5.74) is 0.418. The van der Waals surface area contributed by atoms with E-state index in [1.165, 1.54) is 6.92 Å². The standard InChI is InChI=1S/C20H27N3O3/c1-3-17-6-4-5-13-23(17)19(26)20(11-12-20)18(25)22-16-9-7-15(8-10-16)21-14(2)24/h7-10,17H,3-6,11-13H2,1-2H3,(H,21,24)(H,22,25). The second kappa shape index (κ2) is 7.48. The maximum absolute atomic E-state index is 13.1. The highest BCUT2D eigenvalue weighted by Crippen LogP contribution is 2.49. The van der Waals surface area contributed by atoms with Crippen LogP contribution in [0.4, 0.5) is 11.4 Å². The lowest BCUT2D eigenvalue weighted by Gasteiger charge is -2.37. The Morgan fingerprint density at radius 3 is 2.23 bits per heavy atom. The molecule has 1 heterocycles. The highest BCUT2D eigenvalue weighted by molar-refractivity contribution is 6.13. The van der Waals surface area contributed by atoms with Gasteiger partial charge < -0.3 is 15.5 Å². The van der Waals surface area contributed by atoms with Gasteiger partial charge in [0.25, 0.3) is 0 Å². The first-order valence-corrected chi connectivity index (χ1v) is 9.46. The SMILES string of the molecule is CCC1CCCCN1C(=O)C1(C(=O)Nc2ccc(NC(C)=O)cc2)CC1. The van der Waals surface area contributed by atoms with Crippen LogP contribution in [0.15, 0.2) is 24.3 Å². The number of likely N-dealkylation sites (tertiary alicyclic amines) is 1. The zero-order chi connectivity index (χ0) is 18.7. The molecule has 2 N–H and O–H groups in total. The third-order valence-corrected chi connectivity index (χ3v) is 5.42. The number of hydrogen-bond donors (Lipinski definition) is 2. The van der Waals surface area contributed by atoms with E-state index in [-0.39, 0.29) is 23.8 Å². The molecule has 2 fully saturated rings. The van der Waals surface area contributed by atoms with Crippen LogP contribution < -0.4 is 10.6 Å². The van der Waals surface area contributed by atoms with Crippen LogP contribution >= 0.6 is 0 Å². The summed E-state index contributed by atoms with van der Waals surface area (Å²) in [5, 5.41) is 5.57. The highest BCUT2D eigenvalue weighted by atomic mass is 16.2. The van der Waals surface area contributed by atoms with Crippen molar-refractivity contribution in [2.75, 3.05) is 17.2 Å². The zero-order valence-electron chi connectivity index (χ0n) is 15.5. The highest BCUT2D eigenvalue weighted by Gasteiger charge is 2.58. The van der Waals surface area contributed by atoms with Gasteiger partial charge >= 0.3 is 0 Å². The molecule has 1 saturated carbocycles. The number of hydrogen-bond acceptors (Lipinski definition) is 3. The van der Waals surface area contributed by atoms with Crippen LogP contribution in [0.25, 0.3) is 0 Å². The first-order chi connectivity index (χ1) is 12.5. The topological polar surface area (TPSA) is 78.5 Å². The number of rotatable bonds is 5. The Balaban J connectivity index is 1.66. The van der Waals surface area contributed by atoms with Gasteiger partial charge in [0.15, 0.2) is 0 Å². The van der Waals surface area contributed by atoms with E-state index < -0.39 is 5.41 Å². The average Bonchev–Trinajstić information content (AvgIpc) is 3.44. The van der Waals surface area contributed by atoms with Crippen molar-refractivity contribution in [1.29, 1.82) is 0 Å². The molecule has 1 aliphatic heterocycles. The summed E-state index contributed by atoms with van der Waals surface area (Å²) in [6.45, 7) is 4.31. The van der Waals surface area contributed by atoms with Gasteiger partial charge in [0.1, 0.15) is 5.41 Å². The largest absolute Gasteiger partial charge is 0.339 e. The van der Waals surface area contributed by atoms with Crippen LogP contribution in [0.1, 0.15) is 52.4 Å². The minimum Gasteiger partial charge on any atom is -0.339 e. The number of nitrogens with one attached hydrogen (secondary N) is 2. The van der Waals surface area contributed by atoms with Gasteiger partial charge in [-0.25, -0.2) is 0 Å². The van der Waals surface area contributed by atoms with E-state index in [1.54, 1.807) is 24.3 Å². The maximum Gasteiger partial charge on any atom is 0.240 e. The summed E-state index contributed by atoms with van der Waals surface area (Å²) in [6, 6.07) is 7.20. The monoisotopic (exact) mass is 357 g/mol. The molecule has 1 aromatic rings. The molecule has 1 saturated heterocycles. The summed E-state index contributed by atoms with van der Waals surface area (Å²) in [7, 11) is 0. The fourth-order valence-corrected chi connectivity index (χ4v) is 3.72. The molecule has 1 aromatic carbocycles. The van der Waals surface area contributed by atoms with Gasteiger partial charge in [-0.2, -0.15) is 0 Å². The van der Waals surface area contributed by atoms with E-state index in [0.29, 0.717) is 24.2 Å². The second-order valence-corrected chi connectivity index (χ2v) is 7.35. The summed E-state index contributed by atoms with van der Waals surface area (Å²) in [6.07, 6.45) is 5.38. The molecule has 140 valence electrons. The van der Waals surface area contributed by atoms with Crippen molar-refractivity contribution in [3.8, 4) is 0 Å². The molecule has 26 heavy (non-hydrogen) atoms. The molecule has 0 radical (unpaired) electrons. The Morgan fingerprint density at radius 1 is 1.08 bits per heavy atom. The molecule has 3 amide bonds. The zero-order valence-corrected chi connectivity index (χ0v) is 15.5. The summed E-state index contributed by atoms with van der Waals surface area (Å²) >= 11 is 0. The van der Waals surface area contributed by atoms with Crippen LogP contribution in [0, 0.1) is 5.41 Å². The Labute approximate surface area is 154 Å². The predicted molar refractivity (Wildman–Crippen MR) is 101 cm³/mol. The molecule has 0 spiro atoms. The van der Waals surface area contributed by atoms with Crippen LogP contribution in [0.2, 0.25) is 0 Å². The predicted octanol–water partition coefficient (Wildman–Crippen LogP) is 3.15. The third-order valence-electron chi connectivity index (χ3n) is 5.42.